The average molecular weight is 878 g/mol. The third-order valence-corrected chi connectivity index (χ3v) is 12.2. The molecular weight excluding hydrogens is 823 g/mol. The zero-order valence-corrected chi connectivity index (χ0v) is 33.9. The van der Waals surface area contributed by atoms with Crippen LogP contribution >= 0.6 is 35.2 Å². The Morgan fingerprint density at radius 1 is 1.04 bits per heavy atom. The van der Waals surface area contributed by atoms with E-state index in [4.69, 9.17) is 30.4 Å². The van der Waals surface area contributed by atoms with E-state index >= 15 is 0 Å². The summed E-state index contributed by atoms with van der Waals surface area (Å²) in [5, 5.41) is 40.9. The van der Waals surface area contributed by atoms with Crippen LogP contribution in [0, 0.1) is 5.41 Å². The van der Waals surface area contributed by atoms with E-state index in [9.17, 15) is 57.9 Å². The molecule has 322 valence electrons. The fraction of sp³-hybridized carbons (Fsp3) is 0.885. The summed E-state index contributed by atoms with van der Waals surface area (Å²) in [5.74, 6) is -1.10. The molecular formula is C26H54N7O18P3S. The first-order chi connectivity index (χ1) is 25.4. The second-order valence-electron chi connectivity index (χ2n) is 13.1. The third-order valence-electron chi connectivity index (χ3n) is 8.14. The fourth-order valence-electron chi connectivity index (χ4n) is 5.30. The molecule has 0 aromatic rings. The molecule has 0 spiro atoms. The van der Waals surface area contributed by atoms with Crippen molar-refractivity contribution in [2.75, 3.05) is 52.4 Å². The normalized spacial score (nSPS) is 26.4. The van der Waals surface area contributed by atoms with Gasteiger partial charge in [-0.3, -0.25) is 33.3 Å². The van der Waals surface area contributed by atoms with Crippen LogP contribution in [-0.4, -0.2) is 158 Å². The molecule has 29 heteroatoms. The molecule has 15 N–H and O–H groups in total. The lowest BCUT2D eigenvalue weighted by Crippen LogP contribution is -2.59. The van der Waals surface area contributed by atoms with Crippen LogP contribution in [0.2, 0.25) is 0 Å². The molecule has 0 saturated carbocycles. The number of amides is 2. The molecule has 2 aliphatic rings. The highest BCUT2D eigenvalue weighted by Gasteiger charge is 2.54. The van der Waals surface area contributed by atoms with Crippen LogP contribution in [0.25, 0.3) is 0 Å². The van der Waals surface area contributed by atoms with Gasteiger partial charge in [0.25, 0.3) is 0 Å². The molecule has 0 aromatic heterocycles. The van der Waals surface area contributed by atoms with E-state index in [0.717, 1.165) is 11.8 Å². The van der Waals surface area contributed by atoms with Crippen molar-refractivity contribution < 1.29 is 85.6 Å². The van der Waals surface area contributed by atoms with E-state index < -0.39 is 103 Å². The number of aliphatic hydroxyl groups excluding tert-OH is 3. The van der Waals surface area contributed by atoms with Crippen molar-refractivity contribution >= 4 is 52.2 Å². The number of phosphoric acid groups is 3. The van der Waals surface area contributed by atoms with Gasteiger partial charge in [-0.1, -0.05) is 25.6 Å². The molecule has 2 fully saturated rings. The molecule has 2 aliphatic heterocycles. The number of carbonyl (C=O) groups is 3. The Kier molecular flexibility index (Phi) is 20.4. The summed E-state index contributed by atoms with van der Waals surface area (Å²) in [6, 6.07) is -0.574. The van der Waals surface area contributed by atoms with Crippen LogP contribution in [0.1, 0.15) is 39.5 Å². The number of likely N-dealkylation sites (N-methyl/N-ethyl adjacent to an activating group) is 1. The summed E-state index contributed by atoms with van der Waals surface area (Å²) in [7, 11) is -14.8. The first-order valence-electron chi connectivity index (χ1n) is 16.8. The van der Waals surface area contributed by atoms with Crippen molar-refractivity contribution in [3.8, 4) is 0 Å². The smallest absolute Gasteiger partial charge is 0.396 e. The topological polar surface area (TPSA) is 394 Å². The van der Waals surface area contributed by atoms with Crippen LogP contribution in [-0.2, 0) is 50.7 Å². The SMILES string of the molecule is CNC1C(C(N)N)NCN1[C@H]1O[C@@H](COP(=O)(O)OP(=O)(O)OCC(C)(C)C(O)C(=O)NCCC(=O)NCCSC(=O)CCCCO)C(OP(=O)(O)O)C1O. The van der Waals surface area contributed by atoms with Crippen molar-refractivity contribution in [3.63, 3.8) is 0 Å². The molecule has 2 saturated heterocycles. The minimum absolute atomic E-state index is 0.00178. The number of nitrogens with zero attached hydrogens (tertiary/aromatic N) is 1. The van der Waals surface area contributed by atoms with E-state index in [1.165, 1.54) is 18.7 Å². The van der Waals surface area contributed by atoms with Crippen LogP contribution in [0.5, 0.6) is 0 Å². The molecule has 2 amide bonds. The van der Waals surface area contributed by atoms with Gasteiger partial charge in [0.1, 0.15) is 30.6 Å². The number of carbonyl (C=O) groups excluding carboxylic acids is 3. The number of hydrogen-bond donors (Lipinski definition) is 13. The number of nitrogens with two attached hydrogens (primary N) is 2. The lowest BCUT2D eigenvalue weighted by molar-refractivity contribution is -0.137. The lowest BCUT2D eigenvalue weighted by atomic mass is 9.87. The van der Waals surface area contributed by atoms with Gasteiger partial charge >= 0.3 is 23.5 Å². The fourth-order valence-corrected chi connectivity index (χ4v) is 8.85. The average Bonchev–Trinajstić information content (AvgIpc) is 3.64. The predicted octanol–water partition coefficient (Wildman–Crippen LogP) is -3.75. The van der Waals surface area contributed by atoms with Gasteiger partial charge in [-0.15, -0.1) is 0 Å². The standard InChI is InChI=1S/C26H54N7O18P3S/c1-26(2,21(38)24(39)31-8-7-16(35)30-9-11-55-17(36)6-4-5-10-34)13-48-54(45,46)51-53(43,44)47-12-15-20(50-52(40,41)42)19(37)25(49-15)33-14-32-18(22(27)28)23(33)29-3/h15,18-23,25,29,32,34,37-38H,4-14,27-28H2,1-3H3,(H,30,35)(H,31,39)(H,43,44)(H,45,46)(H2,40,41,42)/t15-,18?,19?,20?,21?,23?,25-/m0/s1. The minimum Gasteiger partial charge on any atom is -0.396 e. The van der Waals surface area contributed by atoms with E-state index in [1.807, 2.05) is 0 Å². The second-order valence-corrected chi connectivity index (χ2v) is 18.5. The van der Waals surface area contributed by atoms with Crippen LogP contribution in [0.15, 0.2) is 0 Å². The van der Waals surface area contributed by atoms with Gasteiger partial charge in [-0.05, 0) is 19.9 Å². The number of aliphatic hydroxyl groups is 3. The van der Waals surface area contributed by atoms with Gasteiger partial charge in [-0.2, -0.15) is 4.31 Å². The third kappa shape index (κ3) is 17.0. The summed E-state index contributed by atoms with van der Waals surface area (Å²) < 4.78 is 61.1. The summed E-state index contributed by atoms with van der Waals surface area (Å²) >= 11 is 1.04. The van der Waals surface area contributed by atoms with Crippen LogP contribution < -0.4 is 32.7 Å². The minimum atomic E-state index is -5.55. The molecule has 25 nitrogen and oxygen atoms in total. The van der Waals surface area contributed by atoms with Crippen molar-refractivity contribution in [1.82, 2.24) is 26.2 Å². The zero-order chi connectivity index (χ0) is 41.8. The van der Waals surface area contributed by atoms with Gasteiger partial charge in [-0.25, -0.2) is 18.6 Å². The highest BCUT2D eigenvalue weighted by molar-refractivity contribution is 8.13. The summed E-state index contributed by atoms with van der Waals surface area (Å²) in [6.07, 6.45) is -8.90. The van der Waals surface area contributed by atoms with Gasteiger partial charge in [0.15, 0.2) is 5.12 Å². The predicted molar refractivity (Wildman–Crippen MR) is 192 cm³/mol. The van der Waals surface area contributed by atoms with Crippen molar-refractivity contribution in [1.29, 1.82) is 0 Å². The van der Waals surface area contributed by atoms with Crippen molar-refractivity contribution in [3.05, 3.63) is 0 Å². The zero-order valence-electron chi connectivity index (χ0n) is 30.4. The number of nitrogens with one attached hydrogen (secondary N) is 4. The quantitative estimate of drug-likeness (QED) is 0.0238. The molecule has 0 bridgehead atoms. The molecule has 2 heterocycles. The maximum Gasteiger partial charge on any atom is 0.481 e. The number of hydrogen-bond acceptors (Lipinski definition) is 20. The van der Waals surface area contributed by atoms with Crippen molar-refractivity contribution in [2.45, 2.75) is 88.5 Å². The summed E-state index contributed by atoms with van der Waals surface area (Å²) in [6.45, 7) is 0.526. The molecule has 7 unspecified atom stereocenters. The first kappa shape index (κ1) is 50.1. The van der Waals surface area contributed by atoms with Gasteiger partial charge in [0, 0.05) is 43.7 Å². The Balaban J connectivity index is 1.88. The lowest BCUT2D eigenvalue weighted by Gasteiger charge is -2.33. The Labute approximate surface area is 321 Å². The molecule has 2 rings (SSSR count). The molecule has 0 aliphatic carbocycles. The summed E-state index contributed by atoms with van der Waals surface area (Å²) in [4.78, 5) is 76.9. The number of rotatable bonds is 25. The number of unbranched alkanes of at least 4 members (excludes halogenated alkanes) is 1. The second kappa shape index (κ2) is 22.4. The Hall–Kier alpha value is -1.03. The number of phosphoric ester groups is 3. The molecule has 0 aromatic carbocycles. The number of thioether (sulfide) groups is 1. The number of ether oxygens (including phenoxy) is 1. The largest absolute Gasteiger partial charge is 0.481 e. The highest BCUT2D eigenvalue weighted by atomic mass is 32.2. The van der Waals surface area contributed by atoms with Crippen LogP contribution in [0.3, 0.4) is 0 Å². The van der Waals surface area contributed by atoms with Gasteiger partial charge < -0.3 is 67.0 Å². The van der Waals surface area contributed by atoms with E-state index in [0.29, 0.717) is 25.0 Å². The maximum absolute atomic E-state index is 12.7. The highest BCUT2D eigenvalue weighted by Crippen LogP contribution is 2.61. The Morgan fingerprint density at radius 3 is 2.29 bits per heavy atom. The summed E-state index contributed by atoms with van der Waals surface area (Å²) in [5.41, 5.74) is 9.97. The van der Waals surface area contributed by atoms with Gasteiger partial charge in [0.2, 0.25) is 11.8 Å². The Bertz CT molecular complexity index is 1420. The van der Waals surface area contributed by atoms with Gasteiger partial charge in [0.05, 0.1) is 38.3 Å². The molecule has 0 radical (unpaired) electrons. The monoisotopic (exact) mass is 877 g/mol. The van der Waals surface area contributed by atoms with E-state index in [1.54, 1.807) is 7.05 Å². The van der Waals surface area contributed by atoms with Crippen molar-refractivity contribution in [2.24, 2.45) is 16.9 Å². The van der Waals surface area contributed by atoms with E-state index in [-0.39, 0.29) is 37.9 Å². The molecule has 55 heavy (non-hydrogen) atoms. The van der Waals surface area contributed by atoms with E-state index in [2.05, 4.69) is 30.1 Å². The van der Waals surface area contributed by atoms with Crippen LogP contribution in [0.4, 0.5) is 0 Å². The first-order valence-corrected chi connectivity index (χ1v) is 22.3. The molecule has 9 atom stereocenters. The maximum atomic E-state index is 12.7. The Morgan fingerprint density at radius 2 is 1.69 bits per heavy atom.